The van der Waals surface area contributed by atoms with E-state index in [0.29, 0.717) is 35.2 Å². The Morgan fingerprint density at radius 3 is 1.34 bits per heavy atom. The van der Waals surface area contributed by atoms with Gasteiger partial charge in [-0.1, -0.05) is 36.4 Å². The summed E-state index contributed by atoms with van der Waals surface area (Å²) in [5.74, 6) is 1.70. The van der Waals surface area contributed by atoms with Crippen LogP contribution in [0.15, 0.2) is 36.4 Å². The molecule has 2 aromatic carbocycles. The van der Waals surface area contributed by atoms with Crippen LogP contribution in [-0.4, -0.2) is 50.8 Å². The van der Waals surface area contributed by atoms with E-state index >= 15 is 0 Å². The van der Waals surface area contributed by atoms with Crippen LogP contribution >= 0.6 is 0 Å². The first-order valence-electron chi connectivity index (χ1n) is 15.3. The molecule has 4 heteroatoms. The van der Waals surface area contributed by atoms with Gasteiger partial charge >= 0.3 is 0 Å². The summed E-state index contributed by atoms with van der Waals surface area (Å²) in [6, 6.07) is 15.0. The Hall–Kier alpha value is -1.72. The van der Waals surface area contributed by atoms with Crippen LogP contribution in [0.4, 0.5) is 0 Å². The zero-order chi connectivity index (χ0) is 24.9. The van der Waals surface area contributed by atoms with Gasteiger partial charge in [0.25, 0.3) is 0 Å². The molecule has 8 aliphatic rings. The molecule has 4 aliphatic carbocycles. The molecule has 38 heavy (non-hydrogen) atoms. The molecule has 4 saturated carbocycles. The lowest BCUT2D eigenvalue weighted by molar-refractivity contribution is -0.0288. The monoisotopic (exact) mass is 512 g/mol. The Balaban J connectivity index is 1.10. The molecule has 4 atom stereocenters. The first-order chi connectivity index (χ1) is 18.6. The second kappa shape index (κ2) is 8.39. The molecule has 200 valence electrons. The molecule has 0 spiro atoms. The van der Waals surface area contributed by atoms with Gasteiger partial charge in [0, 0.05) is 25.7 Å². The Morgan fingerprint density at radius 1 is 0.553 bits per heavy atom. The van der Waals surface area contributed by atoms with Crippen molar-refractivity contribution in [3.63, 3.8) is 0 Å². The van der Waals surface area contributed by atoms with Crippen molar-refractivity contribution in [3.05, 3.63) is 69.8 Å². The topological polar surface area (TPSA) is 50.1 Å². The predicted octanol–water partition coefficient (Wildman–Crippen LogP) is 5.24. The third-order valence-electron chi connectivity index (χ3n) is 11.0. The average molecular weight is 513 g/mol. The van der Waals surface area contributed by atoms with E-state index in [0.717, 1.165) is 63.9 Å². The number of hydrogen-bond acceptors (Lipinski definition) is 4. The average Bonchev–Trinajstić information content (AvgIpc) is 3.70. The maximum atomic E-state index is 5.76. The van der Waals surface area contributed by atoms with Gasteiger partial charge in [-0.15, -0.1) is 0 Å². The Labute approximate surface area is 226 Å². The van der Waals surface area contributed by atoms with Gasteiger partial charge in [0.05, 0.1) is 50.8 Å². The third kappa shape index (κ3) is 4.27. The molecule has 0 N–H and O–H groups in total. The van der Waals surface area contributed by atoms with E-state index in [2.05, 4.69) is 36.4 Å². The van der Waals surface area contributed by atoms with Crippen molar-refractivity contribution in [1.82, 2.24) is 0 Å². The maximum absolute atomic E-state index is 5.76. The van der Waals surface area contributed by atoms with Crippen molar-refractivity contribution in [2.45, 2.75) is 99.5 Å². The van der Waals surface area contributed by atoms with Crippen molar-refractivity contribution < 1.29 is 18.9 Å². The van der Waals surface area contributed by atoms with Crippen LogP contribution in [0, 0.1) is 11.8 Å². The number of ether oxygens (including phenoxy) is 4. The molecule has 4 heterocycles. The number of hydrogen-bond donors (Lipinski definition) is 0. The lowest BCUT2D eigenvalue weighted by Crippen LogP contribution is -2.56. The van der Waals surface area contributed by atoms with Gasteiger partial charge in [0.2, 0.25) is 0 Å². The minimum Gasteiger partial charge on any atom is -0.373 e. The van der Waals surface area contributed by atoms with Gasteiger partial charge in [-0.25, -0.2) is 0 Å². The zero-order valence-corrected chi connectivity index (χ0v) is 22.5. The van der Waals surface area contributed by atoms with Crippen LogP contribution in [0.3, 0.4) is 0 Å². The van der Waals surface area contributed by atoms with Gasteiger partial charge in [0.15, 0.2) is 0 Å². The smallest absolute Gasteiger partial charge is 0.0850 e. The fourth-order valence-electron chi connectivity index (χ4n) is 9.57. The summed E-state index contributed by atoms with van der Waals surface area (Å²) in [6.07, 6.45) is 14.3. The molecule has 10 rings (SSSR count). The van der Waals surface area contributed by atoms with Crippen molar-refractivity contribution in [2.75, 3.05) is 26.4 Å². The van der Waals surface area contributed by atoms with E-state index in [1.54, 1.807) is 22.3 Å². The molecule has 8 fully saturated rings. The van der Waals surface area contributed by atoms with Crippen LogP contribution in [0.2, 0.25) is 0 Å². The minimum atomic E-state index is 0.316. The zero-order valence-electron chi connectivity index (χ0n) is 22.5. The predicted molar refractivity (Wildman–Crippen MR) is 145 cm³/mol. The van der Waals surface area contributed by atoms with Crippen LogP contribution in [0.1, 0.15) is 71.9 Å². The van der Waals surface area contributed by atoms with Crippen LogP contribution < -0.4 is 0 Å². The molecule has 2 aromatic rings. The van der Waals surface area contributed by atoms with Crippen LogP contribution in [0.25, 0.3) is 0 Å². The first kappa shape index (κ1) is 23.0. The summed E-state index contributed by atoms with van der Waals surface area (Å²) in [5, 5.41) is 0. The third-order valence-corrected chi connectivity index (χ3v) is 11.0. The molecule has 0 aromatic heterocycles. The number of rotatable bonds is 10. The Bertz CT molecular complexity index is 1140. The van der Waals surface area contributed by atoms with E-state index in [4.69, 9.17) is 18.9 Å². The van der Waals surface area contributed by atoms with Gasteiger partial charge in [-0.05, 0) is 94.6 Å². The van der Waals surface area contributed by atoms with Crippen molar-refractivity contribution in [2.24, 2.45) is 11.8 Å². The van der Waals surface area contributed by atoms with Crippen molar-refractivity contribution in [1.29, 1.82) is 0 Å². The van der Waals surface area contributed by atoms with E-state index in [-0.39, 0.29) is 0 Å². The molecule has 4 bridgehead atoms. The first-order valence-corrected chi connectivity index (χ1v) is 15.3. The molecule has 4 aliphatic heterocycles. The summed E-state index contributed by atoms with van der Waals surface area (Å²) in [4.78, 5) is 0. The number of epoxide rings is 4. The van der Waals surface area contributed by atoms with E-state index < -0.39 is 0 Å². The Kier molecular flexibility index (Phi) is 5.09. The fraction of sp³-hybridized carbons (Fsp3) is 0.647. The van der Waals surface area contributed by atoms with Gasteiger partial charge < -0.3 is 18.9 Å². The minimum absolute atomic E-state index is 0.316. The molecule has 4 saturated heterocycles. The molecule has 0 radical (unpaired) electrons. The van der Waals surface area contributed by atoms with E-state index in [1.807, 2.05) is 0 Å². The highest BCUT2D eigenvalue weighted by Crippen LogP contribution is 2.67. The summed E-state index contributed by atoms with van der Waals surface area (Å²) in [7, 11) is 0. The summed E-state index contributed by atoms with van der Waals surface area (Å²) in [5.41, 5.74) is 10.0. The molecule has 4 unspecified atom stereocenters. The van der Waals surface area contributed by atoms with E-state index in [1.165, 1.54) is 49.7 Å². The summed E-state index contributed by atoms with van der Waals surface area (Å²) >= 11 is 0. The van der Waals surface area contributed by atoms with E-state index in [9.17, 15) is 0 Å². The fourth-order valence-corrected chi connectivity index (χ4v) is 9.57. The molecular weight excluding hydrogens is 472 g/mol. The largest absolute Gasteiger partial charge is 0.373 e. The quantitative estimate of drug-likeness (QED) is 0.409. The normalized spacial score (nSPS) is 41.4. The van der Waals surface area contributed by atoms with Crippen molar-refractivity contribution >= 4 is 0 Å². The Morgan fingerprint density at radius 2 is 0.947 bits per heavy atom. The summed E-state index contributed by atoms with van der Waals surface area (Å²) in [6.45, 7) is 3.73. The standard InChI is InChI=1S/C34H40O4/c1-3-31(25(10-29-18-37-29)6-21(1)8-27-16-35-27)33-12-23-5-24(13-33)15-34(14-23,20-33)32-4-2-22(9-28-17-36-28)7-26(32)11-30-19-38-30/h1-4,6-7,23-24,27-30H,5,8-20H2. The highest BCUT2D eigenvalue weighted by molar-refractivity contribution is 5.46. The SMILES string of the molecule is c1cc(C23CC4CC(C2)CC(c2ccc(CC5CO5)cc2CC2CO2)(C4)C3)c(CC2CO2)cc1CC1CO1. The van der Waals surface area contributed by atoms with Crippen LogP contribution in [0.5, 0.6) is 0 Å². The second-order valence-corrected chi connectivity index (χ2v) is 14.1. The van der Waals surface area contributed by atoms with Crippen molar-refractivity contribution in [3.8, 4) is 0 Å². The van der Waals surface area contributed by atoms with Crippen LogP contribution in [-0.2, 0) is 55.5 Å². The molecule has 0 amide bonds. The maximum Gasteiger partial charge on any atom is 0.0850 e. The number of benzene rings is 2. The molecular formula is C34H40O4. The highest BCUT2D eigenvalue weighted by atomic mass is 16.6. The van der Waals surface area contributed by atoms with Gasteiger partial charge in [0.1, 0.15) is 0 Å². The molecule has 4 nitrogen and oxygen atoms in total. The second-order valence-electron chi connectivity index (χ2n) is 14.1. The highest BCUT2D eigenvalue weighted by Gasteiger charge is 2.59. The van der Waals surface area contributed by atoms with Gasteiger partial charge in [-0.3, -0.25) is 0 Å². The lowest BCUT2D eigenvalue weighted by atomic mass is 9.41. The summed E-state index contributed by atoms with van der Waals surface area (Å²) < 4.78 is 22.7. The van der Waals surface area contributed by atoms with Gasteiger partial charge in [-0.2, -0.15) is 0 Å². The lowest BCUT2D eigenvalue weighted by Gasteiger charge is -2.63.